The standard InChI is InChI=1S/C13H9N5O4/c19-13(20)16-8-1-3-9(4-2-8)22-10-5-6-14-11(17-10)12-15-7-21-18-12/h1-7,16H,(H,19,20). The van der Waals surface area contributed by atoms with Crippen molar-refractivity contribution in [3.05, 3.63) is 42.9 Å². The van der Waals surface area contributed by atoms with Crippen LogP contribution in [0.3, 0.4) is 0 Å². The van der Waals surface area contributed by atoms with Crippen LogP contribution in [0.2, 0.25) is 0 Å². The highest BCUT2D eigenvalue weighted by atomic mass is 16.5. The molecular formula is C13H9N5O4. The molecule has 9 nitrogen and oxygen atoms in total. The molecule has 0 saturated heterocycles. The third-order valence-electron chi connectivity index (χ3n) is 2.52. The molecule has 3 aromatic rings. The van der Waals surface area contributed by atoms with Crippen LogP contribution in [0.5, 0.6) is 11.6 Å². The minimum atomic E-state index is -1.13. The minimum absolute atomic E-state index is 0.256. The molecule has 22 heavy (non-hydrogen) atoms. The van der Waals surface area contributed by atoms with Crippen LogP contribution in [0.25, 0.3) is 11.6 Å². The van der Waals surface area contributed by atoms with Crippen molar-refractivity contribution >= 4 is 11.8 Å². The van der Waals surface area contributed by atoms with Crippen molar-refractivity contribution in [3.8, 4) is 23.3 Å². The molecular weight excluding hydrogens is 290 g/mol. The van der Waals surface area contributed by atoms with Crippen LogP contribution in [0, 0.1) is 0 Å². The monoisotopic (exact) mass is 299 g/mol. The molecule has 110 valence electrons. The van der Waals surface area contributed by atoms with Gasteiger partial charge in [0.2, 0.25) is 23.9 Å². The number of rotatable bonds is 4. The van der Waals surface area contributed by atoms with E-state index in [4.69, 9.17) is 9.84 Å². The van der Waals surface area contributed by atoms with Crippen molar-refractivity contribution in [3.63, 3.8) is 0 Å². The Labute approximate surface area is 123 Å². The van der Waals surface area contributed by atoms with Gasteiger partial charge in [-0.2, -0.15) is 9.97 Å². The quantitative estimate of drug-likeness (QED) is 0.752. The number of benzene rings is 1. The average Bonchev–Trinajstić information content (AvgIpc) is 3.03. The molecule has 0 fully saturated rings. The fourth-order valence-electron chi connectivity index (χ4n) is 1.63. The lowest BCUT2D eigenvalue weighted by Crippen LogP contribution is -2.06. The van der Waals surface area contributed by atoms with E-state index in [0.29, 0.717) is 17.3 Å². The smallest absolute Gasteiger partial charge is 0.409 e. The Morgan fingerprint density at radius 3 is 2.64 bits per heavy atom. The summed E-state index contributed by atoms with van der Waals surface area (Å²) in [6.45, 7) is 0. The molecule has 0 aliphatic rings. The van der Waals surface area contributed by atoms with Crippen molar-refractivity contribution in [2.45, 2.75) is 0 Å². The van der Waals surface area contributed by atoms with Gasteiger partial charge in [-0.05, 0) is 24.3 Å². The zero-order valence-corrected chi connectivity index (χ0v) is 11.0. The minimum Gasteiger partial charge on any atom is -0.465 e. The predicted octanol–water partition coefficient (Wildman–Crippen LogP) is 2.41. The highest BCUT2D eigenvalue weighted by molar-refractivity contribution is 5.82. The molecule has 1 aromatic carbocycles. The van der Waals surface area contributed by atoms with Gasteiger partial charge in [0, 0.05) is 18.0 Å². The second kappa shape index (κ2) is 5.87. The predicted molar refractivity (Wildman–Crippen MR) is 73.5 cm³/mol. The Morgan fingerprint density at radius 2 is 1.95 bits per heavy atom. The topological polar surface area (TPSA) is 123 Å². The number of anilines is 1. The van der Waals surface area contributed by atoms with E-state index < -0.39 is 6.09 Å². The maximum absolute atomic E-state index is 10.5. The lowest BCUT2D eigenvalue weighted by molar-refractivity contribution is 0.209. The first-order valence-electron chi connectivity index (χ1n) is 6.08. The lowest BCUT2D eigenvalue weighted by atomic mass is 10.3. The maximum Gasteiger partial charge on any atom is 0.409 e. The molecule has 2 aromatic heterocycles. The molecule has 0 saturated carbocycles. The average molecular weight is 299 g/mol. The van der Waals surface area contributed by atoms with Crippen LogP contribution in [0.1, 0.15) is 0 Å². The van der Waals surface area contributed by atoms with E-state index in [1.165, 1.54) is 12.6 Å². The SMILES string of the molecule is O=C(O)Nc1ccc(Oc2ccnc(-c3ncon3)n2)cc1. The molecule has 1 amide bonds. The molecule has 0 unspecified atom stereocenters. The van der Waals surface area contributed by atoms with Crippen LogP contribution >= 0.6 is 0 Å². The summed E-state index contributed by atoms with van der Waals surface area (Å²) in [5, 5.41) is 14.5. The summed E-state index contributed by atoms with van der Waals surface area (Å²) in [7, 11) is 0. The van der Waals surface area contributed by atoms with Gasteiger partial charge in [0.05, 0.1) is 0 Å². The molecule has 0 spiro atoms. The number of carboxylic acid groups (broad SMARTS) is 1. The third-order valence-corrected chi connectivity index (χ3v) is 2.52. The van der Waals surface area contributed by atoms with Crippen LogP contribution in [0.4, 0.5) is 10.5 Å². The zero-order valence-electron chi connectivity index (χ0n) is 11.0. The number of hydrogen-bond donors (Lipinski definition) is 2. The molecule has 0 aliphatic carbocycles. The first-order chi connectivity index (χ1) is 10.7. The van der Waals surface area contributed by atoms with Gasteiger partial charge in [-0.1, -0.05) is 5.16 Å². The van der Waals surface area contributed by atoms with Gasteiger partial charge in [0.1, 0.15) is 5.75 Å². The number of aromatic nitrogens is 4. The summed E-state index contributed by atoms with van der Waals surface area (Å²) in [5.41, 5.74) is 0.440. The number of hydrogen-bond acceptors (Lipinski definition) is 7. The summed E-state index contributed by atoms with van der Waals surface area (Å²) in [5.74, 6) is 1.32. The van der Waals surface area contributed by atoms with Crippen molar-refractivity contribution in [1.29, 1.82) is 0 Å². The van der Waals surface area contributed by atoms with E-state index in [0.717, 1.165) is 0 Å². The number of nitrogens with one attached hydrogen (secondary N) is 1. The summed E-state index contributed by atoms with van der Waals surface area (Å²) in [4.78, 5) is 22.5. The van der Waals surface area contributed by atoms with Gasteiger partial charge >= 0.3 is 6.09 Å². The third kappa shape index (κ3) is 3.15. The lowest BCUT2D eigenvalue weighted by Gasteiger charge is -2.06. The van der Waals surface area contributed by atoms with Gasteiger partial charge in [-0.15, -0.1) is 0 Å². The maximum atomic E-state index is 10.5. The first kappa shape index (κ1) is 13.5. The molecule has 9 heteroatoms. The van der Waals surface area contributed by atoms with E-state index in [9.17, 15) is 4.79 Å². The molecule has 0 atom stereocenters. The number of nitrogens with zero attached hydrogens (tertiary/aromatic N) is 4. The van der Waals surface area contributed by atoms with Crippen LogP contribution in [-0.4, -0.2) is 31.3 Å². The number of amides is 1. The second-order valence-corrected chi connectivity index (χ2v) is 4.03. The van der Waals surface area contributed by atoms with Gasteiger partial charge in [-0.25, -0.2) is 9.78 Å². The summed E-state index contributed by atoms with van der Waals surface area (Å²) in [6, 6.07) is 7.95. The molecule has 0 radical (unpaired) electrons. The van der Waals surface area contributed by atoms with Crippen LogP contribution in [-0.2, 0) is 0 Å². The number of carbonyl (C=O) groups is 1. The van der Waals surface area contributed by atoms with E-state index in [-0.39, 0.29) is 11.6 Å². The molecule has 3 rings (SSSR count). The first-order valence-corrected chi connectivity index (χ1v) is 6.08. The fourth-order valence-corrected chi connectivity index (χ4v) is 1.63. The Bertz CT molecular complexity index is 773. The summed E-state index contributed by atoms with van der Waals surface area (Å²) < 4.78 is 10.2. The van der Waals surface area contributed by atoms with Gasteiger partial charge in [-0.3, -0.25) is 5.32 Å². The van der Waals surface area contributed by atoms with E-state index in [1.54, 1.807) is 30.3 Å². The molecule has 2 heterocycles. The van der Waals surface area contributed by atoms with Crippen LogP contribution in [0.15, 0.2) is 47.4 Å². The molecule has 0 aliphatic heterocycles. The van der Waals surface area contributed by atoms with E-state index in [2.05, 4.69) is 29.9 Å². The normalized spacial score (nSPS) is 10.2. The highest BCUT2D eigenvalue weighted by Gasteiger charge is 2.08. The van der Waals surface area contributed by atoms with Crippen LogP contribution < -0.4 is 10.1 Å². The van der Waals surface area contributed by atoms with E-state index in [1.807, 2.05) is 0 Å². The van der Waals surface area contributed by atoms with Gasteiger partial charge in [0.25, 0.3) is 0 Å². The molecule has 2 N–H and O–H groups in total. The Balaban J connectivity index is 1.76. The van der Waals surface area contributed by atoms with Crippen molar-refractivity contribution < 1.29 is 19.2 Å². The van der Waals surface area contributed by atoms with E-state index >= 15 is 0 Å². The number of ether oxygens (including phenoxy) is 1. The Morgan fingerprint density at radius 1 is 1.14 bits per heavy atom. The largest absolute Gasteiger partial charge is 0.465 e. The molecule has 0 bridgehead atoms. The van der Waals surface area contributed by atoms with Crippen molar-refractivity contribution in [1.82, 2.24) is 20.1 Å². The highest BCUT2D eigenvalue weighted by Crippen LogP contribution is 2.22. The van der Waals surface area contributed by atoms with Gasteiger partial charge < -0.3 is 14.4 Å². The second-order valence-electron chi connectivity index (χ2n) is 4.03. The van der Waals surface area contributed by atoms with Gasteiger partial charge in [0.15, 0.2) is 0 Å². The van der Waals surface area contributed by atoms with Crippen molar-refractivity contribution in [2.75, 3.05) is 5.32 Å². The Hall–Kier alpha value is -3.49. The fraction of sp³-hybridized carbons (Fsp3) is 0. The Kier molecular flexibility index (Phi) is 3.60. The summed E-state index contributed by atoms with van der Waals surface area (Å²) in [6.07, 6.45) is 1.56. The van der Waals surface area contributed by atoms with Crippen molar-refractivity contribution in [2.24, 2.45) is 0 Å². The summed E-state index contributed by atoms with van der Waals surface area (Å²) >= 11 is 0. The zero-order chi connectivity index (χ0) is 15.4.